The van der Waals surface area contributed by atoms with E-state index in [2.05, 4.69) is 0 Å². The number of rotatable bonds is 5. The molecule has 3 aromatic carbocycles. The number of aromatic hydroxyl groups is 7. The van der Waals surface area contributed by atoms with Crippen molar-refractivity contribution in [3.63, 3.8) is 0 Å². The van der Waals surface area contributed by atoms with Crippen LogP contribution in [-0.4, -0.2) is 47.8 Å². The fourth-order valence-electron chi connectivity index (χ4n) is 4.09. The molecule has 3 aromatic rings. The van der Waals surface area contributed by atoms with Crippen LogP contribution in [0.25, 0.3) is 0 Å². The second-order valence-corrected chi connectivity index (χ2v) is 8.25. The maximum absolute atomic E-state index is 12.9. The molecule has 0 aromatic heterocycles. The van der Waals surface area contributed by atoms with Crippen LogP contribution in [0.3, 0.4) is 0 Å². The van der Waals surface area contributed by atoms with Crippen LogP contribution in [0.2, 0.25) is 0 Å². The summed E-state index contributed by atoms with van der Waals surface area (Å²) >= 11 is 0. The highest BCUT2D eigenvalue weighted by atomic mass is 16.6. The minimum atomic E-state index is -1.07. The summed E-state index contributed by atoms with van der Waals surface area (Å²) < 4.78 is 11.8. The van der Waals surface area contributed by atoms with Crippen LogP contribution in [0, 0.1) is 0 Å². The maximum atomic E-state index is 12.9. The van der Waals surface area contributed by atoms with E-state index in [9.17, 15) is 40.5 Å². The molecular weight excluding hydrogens is 460 g/mol. The van der Waals surface area contributed by atoms with E-state index >= 15 is 0 Å². The van der Waals surface area contributed by atoms with E-state index < -0.39 is 41.2 Å². The summed E-state index contributed by atoms with van der Waals surface area (Å²) in [4.78, 5) is 12.9. The Hall–Kier alpha value is -4.47. The van der Waals surface area contributed by atoms with Crippen molar-refractivity contribution in [1.82, 2.24) is 0 Å². The van der Waals surface area contributed by atoms with Crippen molar-refractivity contribution in [2.75, 3.05) is 0 Å². The second-order valence-electron chi connectivity index (χ2n) is 8.25. The van der Waals surface area contributed by atoms with Gasteiger partial charge in [-0.15, -0.1) is 0 Å². The molecule has 0 unspecified atom stereocenters. The van der Waals surface area contributed by atoms with Gasteiger partial charge in [0.2, 0.25) is 0 Å². The molecule has 0 radical (unpaired) electrons. The third-order valence-corrected chi connectivity index (χ3v) is 5.82. The summed E-state index contributed by atoms with van der Waals surface area (Å²) in [5, 5.41) is 69.6. The molecule has 0 aliphatic carbocycles. The Bertz CT molecular complexity index is 1280. The highest BCUT2D eigenvalue weighted by molar-refractivity contribution is 5.91. The third kappa shape index (κ3) is 4.37. The Morgan fingerprint density at radius 2 is 1.57 bits per heavy atom. The molecule has 0 saturated heterocycles. The highest BCUT2D eigenvalue weighted by Gasteiger charge is 2.38. The van der Waals surface area contributed by atoms with Gasteiger partial charge in [0.25, 0.3) is 0 Å². The lowest BCUT2D eigenvalue weighted by Gasteiger charge is -2.35. The van der Waals surface area contributed by atoms with Gasteiger partial charge in [-0.05, 0) is 30.7 Å². The monoisotopic (exact) mass is 484 g/mol. The van der Waals surface area contributed by atoms with Crippen LogP contribution in [0.5, 0.6) is 46.0 Å². The average Bonchev–Trinajstić information content (AvgIpc) is 2.81. The molecule has 0 saturated carbocycles. The van der Waals surface area contributed by atoms with E-state index in [1.165, 1.54) is 24.3 Å². The van der Waals surface area contributed by atoms with Crippen molar-refractivity contribution >= 4 is 5.97 Å². The molecule has 7 N–H and O–H groups in total. The molecule has 35 heavy (non-hydrogen) atoms. The van der Waals surface area contributed by atoms with Gasteiger partial charge in [0.1, 0.15) is 23.4 Å². The standard InChI is InChI=1S/C25H24O10/c1-2-3-13-16(27)10-17(28)14-9-21(34-25(33)12-7-19(30)22(32)20(31)8-12)23(35-24(13)14)11-4-5-15(26)18(29)6-11/h4-8,10,21,23,26-32H,2-3,9H2,1H3/t21-,23-/m1/s1. The van der Waals surface area contributed by atoms with Crippen LogP contribution in [-0.2, 0) is 17.6 Å². The molecule has 1 heterocycles. The summed E-state index contributed by atoms with van der Waals surface area (Å²) in [5.41, 5.74) is 0.856. The zero-order chi connectivity index (χ0) is 25.4. The molecule has 1 aliphatic heterocycles. The molecule has 0 spiro atoms. The summed E-state index contributed by atoms with van der Waals surface area (Å²) in [6.45, 7) is 1.91. The van der Waals surface area contributed by atoms with E-state index in [1.807, 2.05) is 6.92 Å². The van der Waals surface area contributed by atoms with Crippen LogP contribution < -0.4 is 4.74 Å². The van der Waals surface area contributed by atoms with E-state index in [0.717, 1.165) is 12.1 Å². The van der Waals surface area contributed by atoms with Gasteiger partial charge in [0, 0.05) is 29.2 Å². The topological polar surface area (TPSA) is 177 Å². The average molecular weight is 484 g/mol. The van der Waals surface area contributed by atoms with Gasteiger partial charge >= 0.3 is 5.97 Å². The van der Waals surface area contributed by atoms with Gasteiger partial charge in [-0.3, -0.25) is 0 Å². The number of benzene rings is 3. The van der Waals surface area contributed by atoms with Gasteiger partial charge in [0.15, 0.2) is 34.9 Å². The van der Waals surface area contributed by atoms with E-state index in [-0.39, 0.29) is 35.0 Å². The zero-order valence-electron chi connectivity index (χ0n) is 18.6. The lowest BCUT2D eigenvalue weighted by Crippen LogP contribution is -2.35. The summed E-state index contributed by atoms with van der Waals surface area (Å²) in [6.07, 6.45) is -1.01. The molecule has 10 nitrogen and oxygen atoms in total. The molecule has 0 bridgehead atoms. The number of phenols is 7. The minimum Gasteiger partial charge on any atom is -0.507 e. The van der Waals surface area contributed by atoms with Crippen LogP contribution in [0.4, 0.5) is 0 Å². The van der Waals surface area contributed by atoms with Crippen molar-refractivity contribution < 1.29 is 50.0 Å². The van der Waals surface area contributed by atoms with Crippen molar-refractivity contribution in [2.24, 2.45) is 0 Å². The summed E-state index contributed by atoms with van der Waals surface area (Å²) in [6, 6.07) is 6.98. The van der Waals surface area contributed by atoms with Gasteiger partial charge in [-0.25, -0.2) is 4.79 Å². The fourth-order valence-corrected chi connectivity index (χ4v) is 4.09. The largest absolute Gasteiger partial charge is 0.507 e. The van der Waals surface area contributed by atoms with E-state index in [4.69, 9.17) is 9.47 Å². The number of hydrogen-bond acceptors (Lipinski definition) is 10. The molecule has 184 valence electrons. The second kappa shape index (κ2) is 9.05. The van der Waals surface area contributed by atoms with Crippen molar-refractivity contribution in [3.8, 4) is 46.0 Å². The lowest BCUT2D eigenvalue weighted by atomic mass is 9.91. The Morgan fingerprint density at radius 3 is 2.20 bits per heavy atom. The molecule has 10 heteroatoms. The van der Waals surface area contributed by atoms with Crippen molar-refractivity contribution in [3.05, 3.63) is 58.7 Å². The first-order valence-electron chi connectivity index (χ1n) is 10.8. The predicted octanol–water partition coefficient (Wildman–Crippen LogP) is 3.48. The first kappa shape index (κ1) is 23.7. The van der Waals surface area contributed by atoms with E-state index in [0.29, 0.717) is 29.5 Å². The highest BCUT2D eigenvalue weighted by Crippen LogP contribution is 2.47. The van der Waals surface area contributed by atoms with Gasteiger partial charge in [-0.2, -0.15) is 0 Å². The van der Waals surface area contributed by atoms with Crippen LogP contribution >= 0.6 is 0 Å². The minimum absolute atomic E-state index is 0.0355. The Kier molecular flexibility index (Phi) is 6.12. The van der Waals surface area contributed by atoms with Gasteiger partial charge < -0.3 is 45.2 Å². The number of ether oxygens (including phenoxy) is 2. The van der Waals surface area contributed by atoms with Gasteiger partial charge in [0.05, 0.1) is 5.56 Å². The third-order valence-electron chi connectivity index (χ3n) is 5.82. The predicted molar refractivity (Wildman–Crippen MR) is 121 cm³/mol. The number of carbonyl (C=O) groups excluding carboxylic acids is 1. The first-order valence-corrected chi connectivity index (χ1v) is 10.8. The smallest absolute Gasteiger partial charge is 0.338 e. The van der Waals surface area contributed by atoms with Crippen molar-refractivity contribution in [2.45, 2.75) is 38.4 Å². The van der Waals surface area contributed by atoms with Crippen LogP contribution in [0.1, 0.15) is 46.5 Å². The zero-order valence-corrected chi connectivity index (χ0v) is 18.6. The summed E-state index contributed by atoms with van der Waals surface area (Å²) in [5.74, 6) is -4.17. The fraction of sp³-hybridized carbons (Fsp3) is 0.240. The Labute approximate surface area is 199 Å². The Morgan fingerprint density at radius 1 is 0.886 bits per heavy atom. The molecule has 2 atom stereocenters. The SMILES string of the molecule is CCCc1c(O)cc(O)c2c1O[C@H](c1ccc(O)c(O)c1)[C@H](OC(=O)c1cc(O)c(O)c(O)c1)C2. The Balaban J connectivity index is 1.77. The number of esters is 1. The maximum Gasteiger partial charge on any atom is 0.338 e. The normalized spacial score (nSPS) is 16.8. The van der Waals surface area contributed by atoms with Crippen LogP contribution in [0.15, 0.2) is 36.4 Å². The molecule has 0 fully saturated rings. The molecule has 0 amide bonds. The quantitative estimate of drug-likeness (QED) is 0.209. The lowest BCUT2D eigenvalue weighted by molar-refractivity contribution is -0.0192. The number of hydrogen-bond donors (Lipinski definition) is 7. The number of carbonyl (C=O) groups is 1. The van der Waals surface area contributed by atoms with Crippen molar-refractivity contribution in [1.29, 1.82) is 0 Å². The number of phenolic OH excluding ortho intramolecular Hbond substituents is 7. The molecular formula is C25H24O10. The first-order chi connectivity index (χ1) is 16.6. The molecule has 4 rings (SSSR count). The number of fused-ring (bicyclic) bond motifs is 1. The molecule has 1 aliphatic rings. The van der Waals surface area contributed by atoms with E-state index in [1.54, 1.807) is 0 Å². The van der Waals surface area contributed by atoms with Gasteiger partial charge in [-0.1, -0.05) is 19.4 Å². The summed E-state index contributed by atoms with van der Waals surface area (Å²) in [7, 11) is 0.